The lowest BCUT2D eigenvalue weighted by atomic mass is 10.1. The number of benzene rings is 1. The third kappa shape index (κ3) is 2.60. The third-order valence-corrected chi connectivity index (χ3v) is 2.93. The number of imidazole rings is 1. The Labute approximate surface area is 112 Å². The number of nitrogen functional groups attached to an aromatic ring is 1. The van der Waals surface area contributed by atoms with Crippen molar-refractivity contribution in [3.8, 4) is 23.6 Å². The molecule has 0 radical (unpaired) electrons. The minimum absolute atomic E-state index is 0.279. The number of nitrogens with two attached hydrogens (primary N) is 1. The fraction of sp³-hybridized carbons (Fsp3) is 0.267. The molecule has 19 heavy (non-hydrogen) atoms. The molecule has 3 nitrogen and oxygen atoms in total. The summed E-state index contributed by atoms with van der Waals surface area (Å²) in [5, 5.41) is 0. The number of rotatable bonds is 4. The van der Waals surface area contributed by atoms with Crippen LogP contribution in [0.1, 0.15) is 19.2 Å². The van der Waals surface area contributed by atoms with Crippen molar-refractivity contribution in [2.75, 3.05) is 5.73 Å². The molecule has 0 bridgehead atoms. The summed E-state index contributed by atoms with van der Waals surface area (Å²) in [5.74, 6) is 3.71. The van der Waals surface area contributed by atoms with Crippen molar-refractivity contribution < 1.29 is 4.39 Å². The number of aryl methyl sites for hydroxylation is 1. The van der Waals surface area contributed by atoms with E-state index >= 15 is 0 Å². The molecule has 0 fully saturated rings. The van der Waals surface area contributed by atoms with Crippen LogP contribution in [0, 0.1) is 18.2 Å². The van der Waals surface area contributed by atoms with E-state index in [1.165, 1.54) is 12.1 Å². The number of hydrogen-bond acceptors (Lipinski definition) is 2. The topological polar surface area (TPSA) is 43.8 Å². The highest BCUT2D eigenvalue weighted by Gasteiger charge is 2.14. The van der Waals surface area contributed by atoms with Crippen LogP contribution in [0.15, 0.2) is 24.3 Å². The second-order valence-corrected chi connectivity index (χ2v) is 4.31. The van der Waals surface area contributed by atoms with Gasteiger partial charge in [0.05, 0.1) is 6.54 Å². The summed E-state index contributed by atoms with van der Waals surface area (Å²) in [4.78, 5) is 4.54. The van der Waals surface area contributed by atoms with E-state index in [4.69, 9.17) is 12.2 Å². The minimum atomic E-state index is -0.279. The first-order valence-corrected chi connectivity index (χ1v) is 6.21. The van der Waals surface area contributed by atoms with E-state index < -0.39 is 0 Å². The summed E-state index contributed by atoms with van der Waals surface area (Å²) in [6, 6.07) is 6.14. The third-order valence-electron chi connectivity index (χ3n) is 2.93. The van der Waals surface area contributed by atoms with Crippen molar-refractivity contribution in [1.29, 1.82) is 0 Å². The van der Waals surface area contributed by atoms with Crippen molar-refractivity contribution in [3.63, 3.8) is 0 Å². The van der Waals surface area contributed by atoms with Gasteiger partial charge in [-0.1, -0.05) is 12.8 Å². The zero-order valence-corrected chi connectivity index (χ0v) is 10.9. The zero-order chi connectivity index (χ0) is 13.8. The Morgan fingerprint density at radius 3 is 2.63 bits per heavy atom. The molecule has 2 rings (SSSR count). The van der Waals surface area contributed by atoms with Crippen molar-refractivity contribution >= 4 is 5.82 Å². The fourth-order valence-electron chi connectivity index (χ4n) is 2.02. The molecule has 2 N–H and O–H groups in total. The maximum atomic E-state index is 12.9. The lowest BCUT2D eigenvalue weighted by Crippen LogP contribution is -2.06. The maximum Gasteiger partial charge on any atom is 0.132 e. The Morgan fingerprint density at radius 2 is 2.05 bits per heavy atom. The molecule has 0 aliphatic rings. The molecule has 1 aromatic heterocycles. The lowest BCUT2D eigenvalue weighted by Gasteiger charge is -2.04. The van der Waals surface area contributed by atoms with E-state index in [1.54, 1.807) is 12.1 Å². The highest BCUT2D eigenvalue weighted by atomic mass is 19.1. The normalized spacial score (nSPS) is 10.4. The second-order valence-electron chi connectivity index (χ2n) is 4.31. The van der Waals surface area contributed by atoms with Crippen LogP contribution in [0.5, 0.6) is 0 Å². The van der Waals surface area contributed by atoms with Gasteiger partial charge in [0.2, 0.25) is 0 Å². The van der Waals surface area contributed by atoms with Gasteiger partial charge in [0, 0.05) is 12.0 Å². The molecule has 0 saturated heterocycles. The largest absolute Gasteiger partial charge is 0.383 e. The van der Waals surface area contributed by atoms with Crippen LogP contribution in [-0.2, 0) is 13.0 Å². The van der Waals surface area contributed by atoms with E-state index in [0.717, 1.165) is 24.2 Å². The van der Waals surface area contributed by atoms with Crippen LogP contribution in [0.2, 0.25) is 0 Å². The van der Waals surface area contributed by atoms with E-state index in [2.05, 4.69) is 17.8 Å². The number of nitrogens with zero attached hydrogens (tertiary/aromatic N) is 2. The summed E-state index contributed by atoms with van der Waals surface area (Å²) in [6.07, 6.45) is 7.13. The maximum absolute atomic E-state index is 12.9. The highest BCUT2D eigenvalue weighted by Crippen LogP contribution is 2.27. The first-order valence-electron chi connectivity index (χ1n) is 6.21. The average Bonchev–Trinajstić information content (AvgIpc) is 2.70. The summed E-state index contributed by atoms with van der Waals surface area (Å²) in [7, 11) is 0. The molecule has 1 heterocycles. The number of terminal acetylenes is 1. The fourth-order valence-corrected chi connectivity index (χ4v) is 2.02. The molecule has 0 spiro atoms. The molecular weight excluding hydrogens is 241 g/mol. The number of aromatic nitrogens is 2. The van der Waals surface area contributed by atoms with Crippen molar-refractivity contribution in [2.24, 2.45) is 0 Å². The zero-order valence-electron chi connectivity index (χ0n) is 10.9. The predicted molar refractivity (Wildman–Crippen MR) is 74.9 cm³/mol. The quantitative estimate of drug-likeness (QED) is 0.856. The Balaban J connectivity index is 2.49. The van der Waals surface area contributed by atoms with E-state index in [-0.39, 0.29) is 5.82 Å². The summed E-state index contributed by atoms with van der Waals surface area (Å²) < 4.78 is 14.8. The van der Waals surface area contributed by atoms with Gasteiger partial charge in [-0.3, -0.25) is 0 Å². The average molecular weight is 257 g/mol. The molecule has 0 unspecified atom stereocenters. The van der Waals surface area contributed by atoms with Gasteiger partial charge in [0.1, 0.15) is 23.2 Å². The van der Waals surface area contributed by atoms with E-state index in [9.17, 15) is 4.39 Å². The minimum Gasteiger partial charge on any atom is -0.383 e. The standard InChI is InChI=1S/C15H16FN3/c1-3-5-13-18-14(15(17)19(13)10-4-2)11-6-8-12(16)9-7-11/h2,6-9H,3,5,10,17H2,1H3. The number of halogens is 1. The van der Waals surface area contributed by atoms with Gasteiger partial charge in [-0.2, -0.15) is 0 Å². The van der Waals surface area contributed by atoms with Crippen LogP contribution < -0.4 is 5.73 Å². The van der Waals surface area contributed by atoms with Gasteiger partial charge >= 0.3 is 0 Å². The van der Waals surface area contributed by atoms with Gasteiger partial charge in [-0.05, 0) is 30.7 Å². The van der Waals surface area contributed by atoms with Gasteiger partial charge in [-0.25, -0.2) is 9.37 Å². The Morgan fingerprint density at radius 1 is 1.37 bits per heavy atom. The van der Waals surface area contributed by atoms with Gasteiger partial charge < -0.3 is 10.3 Å². The molecule has 0 saturated carbocycles. The smallest absolute Gasteiger partial charge is 0.132 e. The lowest BCUT2D eigenvalue weighted by molar-refractivity contribution is 0.628. The SMILES string of the molecule is C#CCn1c(CCC)nc(-c2ccc(F)cc2)c1N. The molecule has 98 valence electrons. The number of hydrogen-bond donors (Lipinski definition) is 1. The molecule has 0 aliphatic heterocycles. The number of anilines is 1. The molecule has 4 heteroatoms. The van der Waals surface area contributed by atoms with Gasteiger partial charge in [-0.15, -0.1) is 6.42 Å². The molecule has 0 amide bonds. The molecule has 2 aromatic rings. The molecular formula is C15H16FN3. The predicted octanol–water partition coefficient (Wildman–Crippen LogP) is 2.86. The first kappa shape index (κ1) is 13.2. The van der Waals surface area contributed by atoms with Crippen molar-refractivity contribution in [1.82, 2.24) is 9.55 Å². The Bertz CT molecular complexity index is 606. The van der Waals surface area contributed by atoms with Crippen molar-refractivity contribution in [3.05, 3.63) is 35.9 Å². The molecule has 0 atom stereocenters. The molecule has 0 aliphatic carbocycles. The molecule has 1 aromatic carbocycles. The summed E-state index contributed by atoms with van der Waals surface area (Å²) in [5.41, 5.74) is 7.57. The summed E-state index contributed by atoms with van der Waals surface area (Å²) >= 11 is 0. The highest BCUT2D eigenvalue weighted by molar-refractivity contribution is 5.71. The van der Waals surface area contributed by atoms with Crippen LogP contribution >= 0.6 is 0 Å². The Hall–Kier alpha value is -2.28. The van der Waals surface area contributed by atoms with Gasteiger partial charge in [0.15, 0.2) is 0 Å². The second kappa shape index (κ2) is 5.57. The van der Waals surface area contributed by atoms with Crippen LogP contribution in [0.4, 0.5) is 10.2 Å². The van der Waals surface area contributed by atoms with Crippen LogP contribution in [0.3, 0.4) is 0 Å². The van der Waals surface area contributed by atoms with Crippen molar-refractivity contribution in [2.45, 2.75) is 26.3 Å². The first-order chi connectivity index (χ1) is 9.17. The van der Waals surface area contributed by atoms with Crippen LogP contribution in [-0.4, -0.2) is 9.55 Å². The van der Waals surface area contributed by atoms with E-state index in [0.29, 0.717) is 18.1 Å². The Kier molecular flexibility index (Phi) is 3.86. The van der Waals surface area contributed by atoms with E-state index in [1.807, 2.05) is 4.57 Å². The monoisotopic (exact) mass is 257 g/mol. The van der Waals surface area contributed by atoms with Gasteiger partial charge in [0.25, 0.3) is 0 Å². The summed E-state index contributed by atoms with van der Waals surface area (Å²) in [6.45, 7) is 2.47. The van der Waals surface area contributed by atoms with Crippen LogP contribution in [0.25, 0.3) is 11.3 Å².